The molecule has 0 unspecified atom stereocenters. The van der Waals surface area contributed by atoms with Crippen LogP contribution in [0.2, 0.25) is 0 Å². The summed E-state index contributed by atoms with van der Waals surface area (Å²) in [6.45, 7) is 0.511. The lowest BCUT2D eigenvalue weighted by molar-refractivity contribution is 0.0943. The number of hydrogen-bond donors (Lipinski definition) is 3. The Hall–Kier alpha value is -4.27. The first-order valence-corrected chi connectivity index (χ1v) is 11.3. The quantitative estimate of drug-likeness (QED) is 0.380. The van der Waals surface area contributed by atoms with Crippen LogP contribution in [0.5, 0.6) is 5.88 Å². The molecule has 1 aliphatic rings. The Morgan fingerprint density at radius 2 is 1.91 bits per heavy atom. The second-order valence-electron chi connectivity index (χ2n) is 8.56. The van der Waals surface area contributed by atoms with Gasteiger partial charge in [0, 0.05) is 30.7 Å². The molecule has 35 heavy (non-hydrogen) atoms. The van der Waals surface area contributed by atoms with Crippen molar-refractivity contribution in [2.45, 2.75) is 12.3 Å². The molecular weight excluding hydrogens is 449 g/mol. The lowest BCUT2D eigenvalue weighted by Crippen LogP contribution is -2.26. The fraction of sp³-hybridized carbons (Fsp3) is 0.231. The van der Waals surface area contributed by atoms with E-state index in [4.69, 9.17) is 4.74 Å². The van der Waals surface area contributed by atoms with Crippen LogP contribution < -0.4 is 15.4 Å². The van der Waals surface area contributed by atoms with Crippen LogP contribution >= 0.6 is 0 Å². The van der Waals surface area contributed by atoms with Gasteiger partial charge < -0.3 is 15.4 Å². The normalized spacial score (nSPS) is 16.7. The van der Waals surface area contributed by atoms with E-state index in [0.29, 0.717) is 40.5 Å². The van der Waals surface area contributed by atoms with Crippen LogP contribution in [0.15, 0.2) is 54.7 Å². The minimum Gasteiger partial charge on any atom is -0.480 e. The first-order valence-electron chi connectivity index (χ1n) is 11.3. The number of rotatable bonds is 7. The Morgan fingerprint density at radius 3 is 2.66 bits per heavy atom. The Kier molecular flexibility index (Phi) is 5.90. The van der Waals surface area contributed by atoms with E-state index in [-0.39, 0.29) is 23.5 Å². The molecule has 2 heterocycles. The Balaban J connectivity index is 1.33. The molecule has 9 heteroatoms. The molecule has 2 aromatic heterocycles. The van der Waals surface area contributed by atoms with Gasteiger partial charge in [-0.2, -0.15) is 5.10 Å². The van der Waals surface area contributed by atoms with Crippen LogP contribution in [0.4, 0.5) is 4.39 Å². The second-order valence-corrected chi connectivity index (χ2v) is 8.56. The smallest absolute Gasteiger partial charge is 0.272 e. The predicted molar refractivity (Wildman–Crippen MR) is 129 cm³/mol. The molecule has 4 aromatic rings. The highest BCUT2D eigenvalue weighted by atomic mass is 19.1. The van der Waals surface area contributed by atoms with Crippen molar-refractivity contribution in [3.05, 3.63) is 77.4 Å². The summed E-state index contributed by atoms with van der Waals surface area (Å²) in [5.74, 6) is 0.0720. The summed E-state index contributed by atoms with van der Waals surface area (Å²) in [4.78, 5) is 29.3. The maximum atomic E-state index is 13.2. The van der Waals surface area contributed by atoms with Crippen molar-refractivity contribution in [2.75, 3.05) is 20.7 Å². The molecule has 1 aliphatic carbocycles. The van der Waals surface area contributed by atoms with Gasteiger partial charge in [-0.3, -0.25) is 14.7 Å². The van der Waals surface area contributed by atoms with E-state index in [2.05, 4.69) is 25.8 Å². The minimum atomic E-state index is -0.273. The maximum absolute atomic E-state index is 13.2. The molecule has 2 atom stereocenters. The van der Waals surface area contributed by atoms with Gasteiger partial charge in [-0.05, 0) is 59.7 Å². The van der Waals surface area contributed by atoms with Crippen molar-refractivity contribution in [3.8, 4) is 17.0 Å². The molecule has 178 valence electrons. The zero-order valence-electron chi connectivity index (χ0n) is 19.3. The van der Waals surface area contributed by atoms with E-state index in [9.17, 15) is 14.0 Å². The number of nitrogens with zero attached hydrogens (tertiary/aromatic N) is 2. The van der Waals surface area contributed by atoms with Gasteiger partial charge in [-0.1, -0.05) is 18.2 Å². The molecule has 0 saturated heterocycles. The number of pyridine rings is 1. The van der Waals surface area contributed by atoms with Gasteiger partial charge in [0.05, 0.1) is 12.6 Å². The Labute approximate surface area is 200 Å². The van der Waals surface area contributed by atoms with E-state index in [1.165, 1.54) is 19.2 Å². The van der Waals surface area contributed by atoms with Crippen molar-refractivity contribution < 1.29 is 18.7 Å². The van der Waals surface area contributed by atoms with Gasteiger partial charge in [0.1, 0.15) is 11.4 Å². The standard InChI is InChI=1S/C26H24FN5O3/c1-28-25(34)23-19-8-5-15(11-22(19)31-32-23)16-9-21(26(35-2)30-12-16)24(33)29-13-17-10-20(17)14-3-6-18(27)7-4-14/h3-9,11-12,17,20H,10,13H2,1-2H3,(H,28,34)(H,29,33)(H,31,32)/t17-,20-/m1/s1. The second kappa shape index (κ2) is 9.17. The summed E-state index contributed by atoms with van der Waals surface area (Å²) in [5.41, 5.74) is 3.97. The van der Waals surface area contributed by atoms with E-state index in [1.807, 2.05) is 18.2 Å². The number of methoxy groups -OCH3 is 1. The zero-order valence-corrected chi connectivity index (χ0v) is 19.3. The first-order chi connectivity index (χ1) is 17.0. The fourth-order valence-electron chi connectivity index (χ4n) is 4.34. The summed E-state index contributed by atoms with van der Waals surface area (Å²) in [7, 11) is 3.03. The van der Waals surface area contributed by atoms with Gasteiger partial charge in [0.2, 0.25) is 5.88 Å². The van der Waals surface area contributed by atoms with Crippen LogP contribution in [0, 0.1) is 11.7 Å². The number of H-pyrrole nitrogens is 1. The SMILES string of the molecule is CNC(=O)c1n[nH]c2cc(-c3cnc(OC)c(C(=O)NC[C@H]4C[C@@H]4c4ccc(F)cc4)c3)ccc12. The molecule has 1 fully saturated rings. The third kappa shape index (κ3) is 4.44. The highest BCUT2D eigenvalue weighted by molar-refractivity contribution is 6.05. The average Bonchev–Trinajstić information content (AvgIpc) is 3.55. The van der Waals surface area contributed by atoms with Crippen molar-refractivity contribution >= 4 is 22.7 Å². The third-order valence-corrected chi connectivity index (χ3v) is 6.37. The number of amides is 2. The summed E-state index contributed by atoms with van der Waals surface area (Å²) in [6.07, 6.45) is 2.59. The van der Waals surface area contributed by atoms with Gasteiger partial charge in [0.15, 0.2) is 5.69 Å². The van der Waals surface area contributed by atoms with Crippen LogP contribution in [0.3, 0.4) is 0 Å². The van der Waals surface area contributed by atoms with Crippen molar-refractivity contribution in [1.29, 1.82) is 0 Å². The number of ether oxygens (including phenoxy) is 1. The van der Waals surface area contributed by atoms with E-state index in [0.717, 1.165) is 23.1 Å². The molecule has 3 N–H and O–H groups in total. The summed E-state index contributed by atoms with van der Waals surface area (Å²) < 4.78 is 18.5. The maximum Gasteiger partial charge on any atom is 0.272 e. The number of aromatic nitrogens is 3. The first kappa shape index (κ1) is 22.5. The molecule has 5 rings (SSSR count). The summed E-state index contributed by atoms with van der Waals surface area (Å²) >= 11 is 0. The molecular formula is C26H24FN5O3. The van der Waals surface area contributed by atoms with Crippen molar-refractivity contribution in [2.24, 2.45) is 5.92 Å². The molecule has 1 saturated carbocycles. The molecule has 2 aromatic carbocycles. The molecule has 8 nitrogen and oxygen atoms in total. The highest BCUT2D eigenvalue weighted by Crippen LogP contribution is 2.47. The monoisotopic (exact) mass is 473 g/mol. The third-order valence-electron chi connectivity index (χ3n) is 6.37. The van der Waals surface area contributed by atoms with Crippen LogP contribution in [-0.4, -0.2) is 47.7 Å². The lowest BCUT2D eigenvalue weighted by Gasteiger charge is -2.11. The van der Waals surface area contributed by atoms with E-state index >= 15 is 0 Å². The number of carbonyl (C=O) groups is 2. The number of aromatic amines is 1. The Morgan fingerprint density at radius 1 is 1.11 bits per heavy atom. The van der Waals surface area contributed by atoms with Crippen molar-refractivity contribution in [3.63, 3.8) is 0 Å². The predicted octanol–water partition coefficient (Wildman–Crippen LogP) is 3.67. The average molecular weight is 474 g/mol. The lowest BCUT2D eigenvalue weighted by atomic mass is 10.0. The number of fused-ring (bicyclic) bond motifs is 1. The van der Waals surface area contributed by atoms with E-state index < -0.39 is 0 Å². The van der Waals surface area contributed by atoms with Crippen LogP contribution in [-0.2, 0) is 0 Å². The highest BCUT2D eigenvalue weighted by Gasteiger charge is 2.38. The summed E-state index contributed by atoms with van der Waals surface area (Å²) in [5, 5.41) is 13.2. The van der Waals surface area contributed by atoms with Gasteiger partial charge >= 0.3 is 0 Å². The molecule has 0 radical (unpaired) electrons. The number of benzene rings is 2. The molecule has 0 bridgehead atoms. The van der Waals surface area contributed by atoms with Gasteiger partial charge in [-0.15, -0.1) is 0 Å². The minimum absolute atomic E-state index is 0.238. The summed E-state index contributed by atoms with van der Waals surface area (Å²) in [6, 6.07) is 13.8. The number of carbonyl (C=O) groups excluding carboxylic acids is 2. The fourth-order valence-corrected chi connectivity index (χ4v) is 4.34. The van der Waals surface area contributed by atoms with Crippen molar-refractivity contribution in [1.82, 2.24) is 25.8 Å². The topological polar surface area (TPSA) is 109 Å². The van der Waals surface area contributed by atoms with Gasteiger partial charge in [-0.25, -0.2) is 9.37 Å². The van der Waals surface area contributed by atoms with E-state index in [1.54, 1.807) is 31.4 Å². The number of nitrogens with one attached hydrogen (secondary N) is 3. The van der Waals surface area contributed by atoms with Gasteiger partial charge in [0.25, 0.3) is 11.8 Å². The molecule has 0 spiro atoms. The zero-order chi connectivity index (χ0) is 24.5. The molecule has 0 aliphatic heterocycles. The molecule has 2 amide bonds. The van der Waals surface area contributed by atoms with Crippen LogP contribution in [0.25, 0.3) is 22.0 Å². The number of halogens is 1. The Bertz CT molecular complexity index is 1420. The van der Waals surface area contributed by atoms with Crippen LogP contribution in [0.1, 0.15) is 38.7 Å². The largest absolute Gasteiger partial charge is 0.480 e. The number of hydrogen-bond acceptors (Lipinski definition) is 5.